The Morgan fingerprint density at radius 1 is 1.45 bits per heavy atom. The SMILES string of the molecule is CC1(C)Cc2cccc(OCc3nnc(NN)s3)c2O1. The minimum Gasteiger partial charge on any atom is -0.483 e. The zero-order valence-corrected chi connectivity index (χ0v) is 12.2. The van der Waals surface area contributed by atoms with Crippen LogP contribution in [0, 0.1) is 0 Å². The highest BCUT2D eigenvalue weighted by atomic mass is 32.1. The van der Waals surface area contributed by atoms with Gasteiger partial charge in [-0.3, -0.25) is 5.43 Å². The zero-order chi connectivity index (χ0) is 14.2. The molecule has 0 aliphatic carbocycles. The van der Waals surface area contributed by atoms with Crippen molar-refractivity contribution in [2.45, 2.75) is 32.5 Å². The number of hydrogen-bond acceptors (Lipinski definition) is 7. The minimum atomic E-state index is -0.179. The number of nitrogens with two attached hydrogens (primary N) is 1. The number of ether oxygens (including phenoxy) is 2. The summed E-state index contributed by atoms with van der Waals surface area (Å²) in [5, 5.41) is 9.17. The van der Waals surface area contributed by atoms with Gasteiger partial charge in [-0.1, -0.05) is 23.5 Å². The molecular weight excluding hydrogens is 276 g/mol. The van der Waals surface area contributed by atoms with Gasteiger partial charge in [-0.15, -0.1) is 10.2 Å². The molecule has 0 saturated carbocycles. The van der Waals surface area contributed by atoms with Crippen LogP contribution in [0.15, 0.2) is 18.2 Å². The third-order valence-electron chi connectivity index (χ3n) is 3.00. The van der Waals surface area contributed by atoms with Crippen molar-refractivity contribution in [3.63, 3.8) is 0 Å². The monoisotopic (exact) mass is 292 g/mol. The summed E-state index contributed by atoms with van der Waals surface area (Å²) in [6.45, 7) is 4.49. The second kappa shape index (κ2) is 4.92. The Labute approximate surface area is 120 Å². The summed E-state index contributed by atoms with van der Waals surface area (Å²) in [6, 6.07) is 5.95. The van der Waals surface area contributed by atoms with Crippen LogP contribution in [0.4, 0.5) is 5.13 Å². The van der Waals surface area contributed by atoms with E-state index < -0.39 is 0 Å². The van der Waals surface area contributed by atoms with E-state index in [0.717, 1.165) is 22.9 Å². The van der Waals surface area contributed by atoms with Gasteiger partial charge in [0, 0.05) is 12.0 Å². The first-order valence-corrected chi connectivity index (χ1v) is 7.12. The van der Waals surface area contributed by atoms with Gasteiger partial charge in [0.1, 0.15) is 12.2 Å². The van der Waals surface area contributed by atoms with Crippen molar-refractivity contribution in [1.29, 1.82) is 0 Å². The first kappa shape index (κ1) is 13.1. The summed E-state index contributed by atoms with van der Waals surface area (Å²) in [7, 11) is 0. The lowest BCUT2D eigenvalue weighted by Gasteiger charge is -2.18. The molecule has 0 unspecified atom stereocenters. The van der Waals surface area contributed by atoms with Gasteiger partial charge in [0.15, 0.2) is 16.5 Å². The van der Waals surface area contributed by atoms with E-state index in [9.17, 15) is 0 Å². The number of nitrogen functional groups attached to an aromatic ring is 1. The number of anilines is 1. The second-order valence-electron chi connectivity index (χ2n) is 5.22. The molecule has 1 aromatic heterocycles. The van der Waals surface area contributed by atoms with Gasteiger partial charge < -0.3 is 9.47 Å². The molecule has 20 heavy (non-hydrogen) atoms. The Bertz CT molecular complexity index is 627. The Morgan fingerprint density at radius 3 is 3.05 bits per heavy atom. The van der Waals surface area contributed by atoms with E-state index in [2.05, 4.69) is 35.5 Å². The van der Waals surface area contributed by atoms with Crippen LogP contribution in [-0.2, 0) is 13.0 Å². The molecule has 1 aromatic carbocycles. The zero-order valence-electron chi connectivity index (χ0n) is 11.3. The fourth-order valence-corrected chi connectivity index (χ4v) is 2.77. The van der Waals surface area contributed by atoms with Crippen molar-refractivity contribution in [3.8, 4) is 11.5 Å². The van der Waals surface area contributed by atoms with Gasteiger partial charge in [0.05, 0.1) is 0 Å². The van der Waals surface area contributed by atoms with Crippen molar-refractivity contribution in [3.05, 3.63) is 28.8 Å². The average Bonchev–Trinajstić information content (AvgIpc) is 2.98. The maximum absolute atomic E-state index is 5.95. The molecule has 1 aliphatic heterocycles. The average molecular weight is 292 g/mol. The quantitative estimate of drug-likeness (QED) is 0.663. The molecule has 3 N–H and O–H groups in total. The Balaban J connectivity index is 1.75. The Kier molecular flexibility index (Phi) is 3.23. The molecule has 3 rings (SSSR count). The Morgan fingerprint density at radius 2 is 2.30 bits per heavy atom. The maximum Gasteiger partial charge on any atom is 0.219 e. The van der Waals surface area contributed by atoms with E-state index in [0.29, 0.717) is 11.7 Å². The van der Waals surface area contributed by atoms with Gasteiger partial charge in [-0.25, -0.2) is 5.84 Å². The molecule has 7 heteroatoms. The van der Waals surface area contributed by atoms with Crippen LogP contribution in [0.1, 0.15) is 24.4 Å². The summed E-state index contributed by atoms with van der Waals surface area (Å²) in [5.41, 5.74) is 3.46. The van der Waals surface area contributed by atoms with E-state index in [4.69, 9.17) is 15.3 Å². The third-order valence-corrected chi connectivity index (χ3v) is 3.82. The van der Waals surface area contributed by atoms with Crippen LogP contribution in [0.2, 0.25) is 0 Å². The minimum absolute atomic E-state index is 0.179. The predicted octanol–water partition coefficient (Wildman–Crippen LogP) is 2.12. The van der Waals surface area contributed by atoms with Crippen molar-refractivity contribution >= 4 is 16.5 Å². The van der Waals surface area contributed by atoms with Gasteiger partial charge in [-0.2, -0.15) is 0 Å². The summed E-state index contributed by atoms with van der Waals surface area (Å²) >= 11 is 1.36. The number of para-hydroxylation sites is 1. The summed E-state index contributed by atoms with van der Waals surface area (Å²) in [6.07, 6.45) is 0.888. The third kappa shape index (κ3) is 2.54. The fourth-order valence-electron chi connectivity index (χ4n) is 2.21. The summed E-state index contributed by atoms with van der Waals surface area (Å²) in [4.78, 5) is 0. The highest BCUT2D eigenvalue weighted by molar-refractivity contribution is 7.15. The Hall–Kier alpha value is -1.86. The lowest BCUT2D eigenvalue weighted by Crippen LogP contribution is -2.24. The maximum atomic E-state index is 5.95. The number of hydrogen-bond donors (Lipinski definition) is 2. The first-order valence-electron chi connectivity index (χ1n) is 6.30. The number of benzene rings is 1. The van der Waals surface area contributed by atoms with Crippen LogP contribution in [-0.4, -0.2) is 15.8 Å². The van der Waals surface area contributed by atoms with E-state index in [1.54, 1.807) is 0 Å². The van der Waals surface area contributed by atoms with Crippen LogP contribution < -0.4 is 20.7 Å². The van der Waals surface area contributed by atoms with E-state index in [1.807, 2.05) is 12.1 Å². The fraction of sp³-hybridized carbons (Fsp3) is 0.385. The molecule has 0 atom stereocenters. The molecule has 106 valence electrons. The molecule has 0 spiro atoms. The highest BCUT2D eigenvalue weighted by Crippen LogP contribution is 2.42. The number of hydrazine groups is 1. The number of fused-ring (bicyclic) bond motifs is 1. The standard InChI is InChI=1S/C13H16N4O2S/c1-13(2)6-8-4-3-5-9(11(8)19-13)18-7-10-16-17-12(15-14)20-10/h3-5H,6-7,14H2,1-2H3,(H,15,17). The van der Waals surface area contributed by atoms with Crippen molar-refractivity contribution in [1.82, 2.24) is 10.2 Å². The molecule has 6 nitrogen and oxygen atoms in total. The van der Waals surface area contributed by atoms with Crippen LogP contribution in [0.3, 0.4) is 0 Å². The van der Waals surface area contributed by atoms with E-state index >= 15 is 0 Å². The predicted molar refractivity (Wildman–Crippen MR) is 76.9 cm³/mol. The van der Waals surface area contributed by atoms with Gasteiger partial charge in [0.25, 0.3) is 0 Å². The van der Waals surface area contributed by atoms with E-state index in [-0.39, 0.29) is 5.60 Å². The van der Waals surface area contributed by atoms with Gasteiger partial charge in [0.2, 0.25) is 5.13 Å². The molecule has 2 aromatic rings. The lowest BCUT2D eigenvalue weighted by atomic mass is 10.0. The molecule has 0 radical (unpaired) electrons. The second-order valence-corrected chi connectivity index (χ2v) is 6.28. The number of nitrogens with zero attached hydrogens (tertiary/aromatic N) is 2. The van der Waals surface area contributed by atoms with Crippen molar-refractivity contribution in [2.75, 3.05) is 5.43 Å². The topological polar surface area (TPSA) is 82.3 Å². The normalized spacial score (nSPS) is 15.6. The van der Waals surface area contributed by atoms with Crippen LogP contribution in [0.25, 0.3) is 0 Å². The summed E-state index contributed by atoms with van der Waals surface area (Å²) in [5.74, 6) is 6.84. The molecule has 0 amide bonds. The number of rotatable bonds is 4. The molecular formula is C13H16N4O2S. The smallest absolute Gasteiger partial charge is 0.219 e. The summed E-state index contributed by atoms with van der Waals surface area (Å²) < 4.78 is 11.8. The van der Waals surface area contributed by atoms with Crippen LogP contribution in [0.5, 0.6) is 11.5 Å². The van der Waals surface area contributed by atoms with Crippen LogP contribution >= 0.6 is 11.3 Å². The number of nitrogens with one attached hydrogen (secondary N) is 1. The van der Waals surface area contributed by atoms with Gasteiger partial charge >= 0.3 is 0 Å². The van der Waals surface area contributed by atoms with Gasteiger partial charge in [-0.05, 0) is 19.9 Å². The molecule has 0 fully saturated rings. The number of aromatic nitrogens is 2. The van der Waals surface area contributed by atoms with E-state index in [1.165, 1.54) is 16.9 Å². The highest BCUT2D eigenvalue weighted by Gasteiger charge is 2.32. The van der Waals surface area contributed by atoms with Crippen molar-refractivity contribution < 1.29 is 9.47 Å². The molecule has 1 aliphatic rings. The molecule has 0 saturated heterocycles. The first-order chi connectivity index (χ1) is 9.57. The molecule has 2 heterocycles. The lowest BCUT2D eigenvalue weighted by molar-refractivity contribution is 0.131. The molecule has 0 bridgehead atoms. The largest absolute Gasteiger partial charge is 0.483 e. The van der Waals surface area contributed by atoms with Crippen molar-refractivity contribution in [2.24, 2.45) is 5.84 Å².